The van der Waals surface area contributed by atoms with Crippen molar-refractivity contribution in [3.63, 3.8) is 0 Å². The first-order chi connectivity index (χ1) is 13.3. The van der Waals surface area contributed by atoms with Gasteiger partial charge in [0.15, 0.2) is 0 Å². The van der Waals surface area contributed by atoms with Crippen molar-refractivity contribution in [1.29, 1.82) is 0 Å². The third-order valence-electron chi connectivity index (χ3n) is 5.85. The quantitative estimate of drug-likeness (QED) is 0.278. The first kappa shape index (κ1) is 13.5. The van der Waals surface area contributed by atoms with Crippen molar-refractivity contribution in [1.82, 2.24) is 15.0 Å². The summed E-state index contributed by atoms with van der Waals surface area (Å²) in [5, 5.41) is 7.58. The number of para-hydroxylation sites is 2. The molecule has 7 aromatic rings. The maximum absolute atomic E-state index is 3.64. The lowest BCUT2D eigenvalue weighted by Crippen LogP contribution is -1.71. The topological polar surface area (TPSA) is 47.4 Å². The van der Waals surface area contributed by atoms with E-state index in [1.54, 1.807) is 0 Å². The molecule has 0 fully saturated rings. The van der Waals surface area contributed by atoms with Crippen LogP contribution in [0.4, 0.5) is 0 Å². The monoisotopic (exact) mass is 345 g/mol. The van der Waals surface area contributed by atoms with Crippen molar-refractivity contribution < 1.29 is 0 Å². The van der Waals surface area contributed by atoms with Gasteiger partial charge in [-0.2, -0.15) is 0 Å². The van der Waals surface area contributed by atoms with Gasteiger partial charge in [-0.15, -0.1) is 0 Å². The minimum absolute atomic E-state index is 1.18. The molecule has 126 valence electrons. The summed E-state index contributed by atoms with van der Waals surface area (Å²) in [5.41, 5.74) is 7.09. The van der Waals surface area contributed by atoms with Gasteiger partial charge in [-0.25, -0.2) is 0 Å². The number of fused-ring (bicyclic) bond motifs is 9. The minimum Gasteiger partial charge on any atom is -0.354 e. The molecule has 4 aromatic carbocycles. The molecule has 0 atom stereocenters. The van der Waals surface area contributed by atoms with E-state index < -0.39 is 0 Å². The van der Waals surface area contributed by atoms with Gasteiger partial charge in [0.25, 0.3) is 0 Å². The van der Waals surface area contributed by atoms with E-state index in [1.807, 2.05) is 0 Å². The van der Waals surface area contributed by atoms with Crippen LogP contribution < -0.4 is 0 Å². The highest BCUT2D eigenvalue weighted by molar-refractivity contribution is 6.20. The number of hydrogen-bond acceptors (Lipinski definition) is 0. The molecule has 0 amide bonds. The Morgan fingerprint density at radius 2 is 0.667 bits per heavy atom. The number of aromatic amines is 3. The number of nitrogens with one attached hydrogen (secondary N) is 3. The normalized spacial score (nSPS) is 12.4. The van der Waals surface area contributed by atoms with Crippen LogP contribution in [0.5, 0.6) is 0 Å². The van der Waals surface area contributed by atoms with Crippen molar-refractivity contribution >= 4 is 65.4 Å². The van der Waals surface area contributed by atoms with E-state index in [0.717, 1.165) is 0 Å². The molecule has 3 aromatic heterocycles. The molecule has 0 spiro atoms. The first-order valence-electron chi connectivity index (χ1n) is 9.21. The molecule has 3 heterocycles. The SMILES string of the molecule is c1ccc2c(c1)[nH]c1cc3c(cc12)[nH]c1cc2c(cc13)[nH]c1ccccc12. The zero-order valence-corrected chi connectivity index (χ0v) is 14.4. The molecule has 0 saturated heterocycles. The van der Waals surface area contributed by atoms with Crippen molar-refractivity contribution in [2.45, 2.75) is 0 Å². The lowest BCUT2D eigenvalue weighted by molar-refractivity contribution is 1.54. The van der Waals surface area contributed by atoms with E-state index in [1.165, 1.54) is 65.4 Å². The highest BCUT2D eigenvalue weighted by Gasteiger charge is 2.12. The minimum atomic E-state index is 1.18. The van der Waals surface area contributed by atoms with E-state index in [4.69, 9.17) is 0 Å². The van der Waals surface area contributed by atoms with Crippen LogP contribution in [-0.4, -0.2) is 15.0 Å². The third kappa shape index (κ3) is 1.66. The molecular formula is C24H15N3. The van der Waals surface area contributed by atoms with Crippen LogP contribution >= 0.6 is 0 Å². The summed E-state index contributed by atoms with van der Waals surface area (Å²) in [6, 6.07) is 26.1. The van der Waals surface area contributed by atoms with Crippen molar-refractivity contribution in [3.8, 4) is 0 Å². The average Bonchev–Trinajstić information content (AvgIpc) is 3.35. The van der Waals surface area contributed by atoms with Crippen molar-refractivity contribution in [2.75, 3.05) is 0 Å². The van der Waals surface area contributed by atoms with Gasteiger partial charge >= 0.3 is 0 Å². The lowest BCUT2D eigenvalue weighted by Gasteiger charge is -1.95. The second kappa shape index (κ2) is 4.51. The number of rotatable bonds is 0. The fraction of sp³-hybridized carbons (Fsp3) is 0. The molecule has 7 rings (SSSR count). The molecule has 0 bridgehead atoms. The van der Waals surface area contributed by atoms with E-state index in [9.17, 15) is 0 Å². The molecule has 3 N–H and O–H groups in total. The molecule has 0 radical (unpaired) electrons. The molecule has 0 saturated carbocycles. The predicted molar refractivity (Wildman–Crippen MR) is 115 cm³/mol. The maximum Gasteiger partial charge on any atom is 0.0472 e. The molecule has 3 nitrogen and oxygen atoms in total. The summed E-state index contributed by atoms with van der Waals surface area (Å²) < 4.78 is 0. The second-order valence-electron chi connectivity index (χ2n) is 7.35. The summed E-state index contributed by atoms with van der Waals surface area (Å²) in [6.45, 7) is 0. The van der Waals surface area contributed by atoms with Crippen molar-refractivity contribution in [2.24, 2.45) is 0 Å². The van der Waals surface area contributed by atoms with Crippen molar-refractivity contribution in [3.05, 3.63) is 72.8 Å². The Bertz CT molecular complexity index is 1550. The average molecular weight is 345 g/mol. The Balaban J connectivity index is 1.64. The van der Waals surface area contributed by atoms with Gasteiger partial charge in [-0.05, 0) is 36.4 Å². The van der Waals surface area contributed by atoms with Crippen LogP contribution in [0.1, 0.15) is 0 Å². The van der Waals surface area contributed by atoms with E-state index in [0.29, 0.717) is 0 Å². The Morgan fingerprint density at radius 1 is 0.333 bits per heavy atom. The Labute approximate surface area is 153 Å². The fourth-order valence-electron chi connectivity index (χ4n) is 4.59. The molecular weight excluding hydrogens is 330 g/mol. The Hall–Kier alpha value is -3.72. The largest absolute Gasteiger partial charge is 0.354 e. The van der Waals surface area contributed by atoms with Gasteiger partial charge in [0.05, 0.1) is 0 Å². The number of hydrogen-bond donors (Lipinski definition) is 3. The zero-order chi connectivity index (χ0) is 17.5. The van der Waals surface area contributed by atoms with Crippen LogP contribution in [-0.2, 0) is 0 Å². The standard InChI is InChI=1S/C24H15N3/c1-3-7-19-13(5-1)15-9-23-17(11-21(15)25-19)18-12-22-16(10-24(18)27-23)14-6-2-4-8-20(14)26-22/h1-12,25-27H. The molecule has 0 aliphatic rings. The van der Waals surface area contributed by atoms with Crippen LogP contribution in [0.2, 0.25) is 0 Å². The molecule has 0 aliphatic heterocycles. The van der Waals surface area contributed by atoms with Gasteiger partial charge in [0.2, 0.25) is 0 Å². The lowest BCUT2D eigenvalue weighted by atomic mass is 10.1. The predicted octanol–water partition coefficient (Wildman–Crippen LogP) is 6.59. The molecule has 0 unspecified atom stereocenters. The van der Waals surface area contributed by atoms with Gasteiger partial charge in [-0.1, -0.05) is 36.4 Å². The highest BCUT2D eigenvalue weighted by atomic mass is 14.7. The van der Waals surface area contributed by atoms with Crippen LogP contribution in [0.25, 0.3) is 65.4 Å². The summed E-state index contributed by atoms with van der Waals surface area (Å²) >= 11 is 0. The van der Waals surface area contributed by atoms with E-state index in [-0.39, 0.29) is 0 Å². The summed E-state index contributed by atoms with van der Waals surface area (Å²) in [4.78, 5) is 10.8. The van der Waals surface area contributed by atoms with Crippen LogP contribution in [0, 0.1) is 0 Å². The second-order valence-corrected chi connectivity index (χ2v) is 7.35. The fourth-order valence-corrected chi connectivity index (χ4v) is 4.59. The van der Waals surface area contributed by atoms with Gasteiger partial charge in [0, 0.05) is 65.4 Å². The molecule has 3 heteroatoms. The van der Waals surface area contributed by atoms with Gasteiger partial charge in [0.1, 0.15) is 0 Å². The smallest absolute Gasteiger partial charge is 0.0472 e. The number of benzene rings is 4. The number of aromatic nitrogens is 3. The Morgan fingerprint density at radius 3 is 1.11 bits per heavy atom. The zero-order valence-electron chi connectivity index (χ0n) is 14.4. The number of H-pyrrole nitrogens is 3. The molecule has 27 heavy (non-hydrogen) atoms. The summed E-state index contributed by atoms with van der Waals surface area (Å²) in [5.74, 6) is 0. The molecule has 0 aliphatic carbocycles. The van der Waals surface area contributed by atoms with Crippen LogP contribution in [0.15, 0.2) is 72.8 Å². The van der Waals surface area contributed by atoms with E-state index >= 15 is 0 Å². The summed E-state index contributed by atoms with van der Waals surface area (Å²) in [7, 11) is 0. The van der Waals surface area contributed by atoms with E-state index in [2.05, 4.69) is 87.7 Å². The highest BCUT2D eigenvalue weighted by Crippen LogP contribution is 2.36. The van der Waals surface area contributed by atoms with Gasteiger partial charge in [-0.3, -0.25) is 0 Å². The maximum atomic E-state index is 3.64. The van der Waals surface area contributed by atoms with Crippen LogP contribution in [0.3, 0.4) is 0 Å². The van der Waals surface area contributed by atoms with Gasteiger partial charge < -0.3 is 15.0 Å². The third-order valence-corrected chi connectivity index (χ3v) is 5.85. The Kier molecular flexibility index (Phi) is 2.25. The summed E-state index contributed by atoms with van der Waals surface area (Å²) in [6.07, 6.45) is 0. The first-order valence-corrected chi connectivity index (χ1v) is 9.21.